The number of sulfone groups is 1. The van der Waals surface area contributed by atoms with Crippen LogP contribution >= 0.6 is 0 Å². The van der Waals surface area contributed by atoms with E-state index in [9.17, 15) is 18.3 Å². The van der Waals surface area contributed by atoms with E-state index in [0.29, 0.717) is 0 Å². The van der Waals surface area contributed by atoms with Crippen LogP contribution in [0.4, 0.5) is 5.82 Å². The van der Waals surface area contributed by atoms with Gasteiger partial charge in [-0.25, -0.2) is 18.2 Å². The molecule has 0 fully saturated rings. The molecule has 1 aromatic heterocycles. The Bertz CT molecular complexity index is 626. The van der Waals surface area contributed by atoms with Crippen LogP contribution in [-0.2, 0) is 22.7 Å². The fraction of sp³-hybridized carbons (Fsp3) is 0.538. The maximum atomic E-state index is 11.4. The van der Waals surface area contributed by atoms with Gasteiger partial charge in [0.05, 0.1) is 5.75 Å². The molecule has 0 aromatic carbocycles. The van der Waals surface area contributed by atoms with Gasteiger partial charge in [0.2, 0.25) is 0 Å². The molecule has 110 valence electrons. The summed E-state index contributed by atoms with van der Waals surface area (Å²) in [5.41, 5.74) is 2.00. The van der Waals surface area contributed by atoms with E-state index in [1.807, 2.05) is 0 Å². The lowest BCUT2D eigenvalue weighted by Crippen LogP contribution is -2.19. The van der Waals surface area contributed by atoms with E-state index in [1.54, 1.807) is 13.0 Å². The van der Waals surface area contributed by atoms with Crippen molar-refractivity contribution in [2.45, 2.75) is 26.2 Å². The Kier molecular flexibility index (Phi) is 4.27. The van der Waals surface area contributed by atoms with E-state index in [2.05, 4.69) is 10.3 Å². The summed E-state index contributed by atoms with van der Waals surface area (Å²) in [6.45, 7) is 1.76. The number of pyridine rings is 1. The minimum Gasteiger partial charge on any atom is -0.478 e. The molecule has 0 amide bonds. The summed E-state index contributed by atoms with van der Waals surface area (Å²) in [6.07, 6.45) is 2.68. The highest BCUT2D eigenvalue weighted by Gasteiger charge is 2.20. The zero-order valence-electron chi connectivity index (χ0n) is 11.3. The van der Waals surface area contributed by atoms with Crippen LogP contribution in [0.3, 0.4) is 0 Å². The molecular formula is C13H18N2O4S. The average molecular weight is 298 g/mol. The molecule has 0 atom stereocenters. The molecule has 0 radical (unpaired) electrons. The van der Waals surface area contributed by atoms with Gasteiger partial charge in [0.1, 0.15) is 11.4 Å². The predicted octanol–water partition coefficient (Wildman–Crippen LogP) is 1.12. The molecule has 0 saturated heterocycles. The van der Waals surface area contributed by atoms with Gasteiger partial charge in [0.25, 0.3) is 0 Å². The fourth-order valence-corrected chi connectivity index (χ4v) is 2.94. The van der Waals surface area contributed by atoms with E-state index in [0.717, 1.165) is 30.5 Å². The number of rotatable bonds is 6. The Morgan fingerprint density at radius 2 is 2.20 bits per heavy atom. The van der Waals surface area contributed by atoms with Crippen molar-refractivity contribution in [3.05, 3.63) is 22.9 Å². The SMILES string of the molecule is CCS(=O)(=O)CCNc1nc2c(cc1C(=O)O)CCC2. The summed E-state index contributed by atoms with van der Waals surface area (Å²) in [5, 5.41) is 12.0. The molecule has 0 aliphatic heterocycles. The standard InChI is InChI=1S/C13H18N2O4S/c1-2-20(18,19)7-6-14-12-10(13(16)17)8-9-4-3-5-11(9)15-12/h8H,2-7H2,1H3,(H,14,15)(H,16,17). The van der Waals surface area contributed by atoms with Gasteiger partial charge in [-0.2, -0.15) is 0 Å². The smallest absolute Gasteiger partial charge is 0.339 e. The second-order valence-corrected chi connectivity index (χ2v) is 7.28. The highest BCUT2D eigenvalue weighted by Crippen LogP contribution is 2.25. The van der Waals surface area contributed by atoms with E-state index in [1.165, 1.54) is 0 Å². The Balaban J connectivity index is 2.16. The first-order valence-electron chi connectivity index (χ1n) is 6.63. The lowest BCUT2D eigenvalue weighted by Gasteiger charge is -2.11. The van der Waals surface area contributed by atoms with Crippen LogP contribution in [0, 0.1) is 0 Å². The Hall–Kier alpha value is -1.63. The van der Waals surface area contributed by atoms with Crippen molar-refractivity contribution < 1.29 is 18.3 Å². The summed E-state index contributed by atoms with van der Waals surface area (Å²) in [4.78, 5) is 15.6. The molecule has 6 nitrogen and oxygen atoms in total. The summed E-state index contributed by atoms with van der Waals surface area (Å²) < 4.78 is 22.8. The Morgan fingerprint density at radius 1 is 1.45 bits per heavy atom. The third kappa shape index (κ3) is 3.27. The van der Waals surface area contributed by atoms with Crippen LogP contribution in [0.1, 0.15) is 35.0 Å². The fourth-order valence-electron chi connectivity index (χ4n) is 2.24. The number of aromatic nitrogens is 1. The van der Waals surface area contributed by atoms with Crippen molar-refractivity contribution in [1.29, 1.82) is 0 Å². The summed E-state index contributed by atoms with van der Waals surface area (Å²) >= 11 is 0. The topological polar surface area (TPSA) is 96.4 Å². The molecule has 0 spiro atoms. The number of hydrogen-bond acceptors (Lipinski definition) is 5. The largest absolute Gasteiger partial charge is 0.478 e. The number of nitrogens with one attached hydrogen (secondary N) is 1. The van der Waals surface area contributed by atoms with Crippen LogP contribution in [0.15, 0.2) is 6.07 Å². The predicted molar refractivity (Wildman–Crippen MR) is 76.0 cm³/mol. The van der Waals surface area contributed by atoms with E-state index >= 15 is 0 Å². The molecule has 1 aliphatic carbocycles. The lowest BCUT2D eigenvalue weighted by atomic mass is 10.1. The molecule has 2 N–H and O–H groups in total. The van der Waals surface area contributed by atoms with Crippen molar-refractivity contribution in [1.82, 2.24) is 4.98 Å². The minimum absolute atomic E-state index is 0.0265. The number of aromatic carboxylic acids is 1. The molecule has 1 aliphatic rings. The average Bonchev–Trinajstić information content (AvgIpc) is 2.84. The first-order chi connectivity index (χ1) is 9.43. The van der Waals surface area contributed by atoms with Crippen LogP contribution in [-0.4, -0.2) is 42.5 Å². The van der Waals surface area contributed by atoms with Crippen LogP contribution < -0.4 is 5.32 Å². The summed E-state index contributed by atoms with van der Waals surface area (Å²) in [6, 6.07) is 1.65. The van der Waals surface area contributed by atoms with Crippen molar-refractivity contribution in [3.8, 4) is 0 Å². The first-order valence-corrected chi connectivity index (χ1v) is 8.45. The van der Waals surface area contributed by atoms with Gasteiger partial charge in [-0.15, -0.1) is 0 Å². The van der Waals surface area contributed by atoms with Crippen LogP contribution in [0.2, 0.25) is 0 Å². The number of carboxylic acid groups (broad SMARTS) is 1. The molecule has 0 saturated carbocycles. The van der Waals surface area contributed by atoms with Gasteiger partial charge >= 0.3 is 5.97 Å². The molecule has 1 aromatic rings. The molecule has 0 bridgehead atoms. The second-order valence-electron chi connectivity index (χ2n) is 4.81. The third-order valence-electron chi connectivity index (χ3n) is 3.43. The van der Waals surface area contributed by atoms with Crippen molar-refractivity contribution in [2.75, 3.05) is 23.4 Å². The van der Waals surface area contributed by atoms with Crippen molar-refractivity contribution in [2.24, 2.45) is 0 Å². The number of anilines is 1. The van der Waals surface area contributed by atoms with Crippen molar-refractivity contribution >= 4 is 21.6 Å². The maximum Gasteiger partial charge on any atom is 0.339 e. The highest BCUT2D eigenvalue weighted by atomic mass is 32.2. The van der Waals surface area contributed by atoms with Crippen LogP contribution in [0.5, 0.6) is 0 Å². The Morgan fingerprint density at radius 3 is 2.85 bits per heavy atom. The number of hydrogen-bond donors (Lipinski definition) is 2. The highest BCUT2D eigenvalue weighted by molar-refractivity contribution is 7.91. The van der Waals surface area contributed by atoms with Gasteiger partial charge in [-0.3, -0.25) is 0 Å². The van der Waals surface area contributed by atoms with Crippen LogP contribution in [0.25, 0.3) is 0 Å². The summed E-state index contributed by atoms with van der Waals surface area (Å²) in [5.74, 6) is -0.725. The quantitative estimate of drug-likeness (QED) is 0.817. The first kappa shape index (κ1) is 14.8. The zero-order valence-corrected chi connectivity index (χ0v) is 12.2. The molecule has 7 heteroatoms. The lowest BCUT2D eigenvalue weighted by molar-refractivity contribution is 0.0697. The molecule has 1 heterocycles. The Labute approximate surface area is 118 Å². The maximum absolute atomic E-state index is 11.4. The molecule has 20 heavy (non-hydrogen) atoms. The number of aryl methyl sites for hydroxylation is 2. The van der Waals surface area contributed by atoms with Gasteiger partial charge in [-0.05, 0) is 30.9 Å². The monoisotopic (exact) mass is 298 g/mol. The van der Waals surface area contributed by atoms with E-state index < -0.39 is 15.8 Å². The second kappa shape index (κ2) is 5.78. The molecular weight excluding hydrogens is 280 g/mol. The zero-order chi connectivity index (χ0) is 14.8. The molecule has 0 unspecified atom stereocenters. The van der Waals surface area contributed by atoms with Gasteiger partial charge in [0.15, 0.2) is 9.84 Å². The number of nitrogens with zero attached hydrogens (tertiary/aromatic N) is 1. The van der Waals surface area contributed by atoms with Gasteiger partial charge < -0.3 is 10.4 Å². The van der Waals surface area contributed by atoms with Crippen molar-refractivity contribution in [3.63, 3.8) is 0 Å². The molecule has 2 rings (SSSR count). The minimum atomic E-state index is -3.07. The number of carboxylic acids is 1. The number of fused-ring (bicyclic) bond motifs is 1. The number of carbonyl (C=O) groups is 1. The van der Waals surface area contributed by atoms with E-state index in [-0.39, 0.29) is 29.4 Å². The van der Waals surface area contributed by atoms with E-state index in [4.69, 9.17) is 0 Å². The third-order valence-corrected chi connectivity index (χ3v) is 5.13. The normalized spacial score (nSPS) is 14.1. The summed E-state index contributed by atoms with van der Waals surface area (Å²) in [7, 11) is -3.07. The van der Waals surface area contributed by atoms with Gasteiger partial charge in [0, 0.05) is 18.0 Å². The van der Waals surface area contributed by atoms with Gasteiger partial charge in [-0.1, -0.05) is 6.92 Å².